The number of amides is 3. The number of unbranched alkanes of at least 4 members (excludes halogenated alkanes) is 1. The molecule has 2 fully saturated rings. The molecule has 2 aliphatic heterocycles. The Morgan fingerprint density at radius 2 is 1.68 bits per heavy atom. The Balaban J connectivity index is 1.37. The Kier molecular flexibility index (Phi) is 11.6. The minimum atomic E-state index is -0.855. The molecule has 3 atom stereocenters. The molecule has 10 nitrogen and oxygen atoms in total. The average molecular weight is 642 g/mol. The quantitative estimate of drug-likeness (QED) is 0.188. The molecule has 10 heteroatoms. The summed E-state index contributed by atoms with van der Waals surface area (Å²) in [6, 6.07) is 22.7. The molecule has 0 aliphatic carbocycles. The van der Waals surface area contributed by atoms with Crippen LogP contribution in [-0.2, 0) is 26.3 Å². The number of likely N-dealkylation sites (tertiary alicyclic amines) is 1. The predicted molar refractivity (Wildman–Crippen MR) is 181 cm³/mol. The fourth-order valence-corrected chi connectivity index (χ4v) is 6.30. The van der Waals surface area contributed by atoms with Gasteiger partial charge >= 0.3 is 0 Å². The summed E-state index contributed by atoms with van der Waals surface area (Å²) in [6.45, 7) is 6.88. The van der Waals surface area contributed by atoms with Crippen molar-refractivity contribution in [1.29, 1.82) is 0 Å². The van der Waals surface area contributed by atoms with Crippen molar-refractivity contribution in [2.45, 2.75) is 63.3 Å². The number of carbonyl (C=O) groups excluding carboxylic acids is 3. The molecule has 0 saturated carbocycles. The molecule has 2 heterocycles. The summed E-state index contributed by atoms with van der Waals surface area (Å²) in [4.78, 5) is 43.2. The number of aryl methyl sites for hydroxylation is 1. The average Bonchev–Trinajstić information content (AvgIpc) is 3.59. The Bertz CT molecular complexity index is 1490. The van der Waals surface area contributed by atoms with Crippen LogP contribution < -0.4 is 26.0 Å². The first kappa shape index (κ1) is 34.1. The lowest BCUT2D eigenvalue weighted by atomic mass is 9.82. The van der Waals surface area contributed by atoms with E-state index in [1.165, 1.54) is 0 Å². The smallest absolute Gasteiger partial charge is 0.251 e. The summed E-state index contributed by atoms with van der Waals surface area (Å²) in [7, 11) is 1.60. The molecule has 3 amide bonds. The molecule has 250 valence electrons. The van der Waals surface area contributed by atoms with Crippen molar-refractivity contribution >= 4 is 17.7 Å². The van der Waals surface area contributed by atoms with Crippen LogP contribution in [-0.4, -0.2) is 80.8 Å². The second kappa shape index (κ2) is 16.0. The van der Waals surface area contributed by atoms with E-state index in [1.807, 2.05) is 42.5 Å². The lowest BCUT2D eigenvalue weighted by Crippen LogP contribution is -2.66. The summed E-state index contributed by atoms with van der Waals surface area (Å²) in [5, 5.41) is 12.5. The summed E-state index contributed by atoms with van der Waals surface area (Å²) >= 11 is 0. The highest BCUT2D eigenvalue weighted by Crippen LogP contribution is 2.38. The van der Waals surface area contributed by atoms with Crippen molar-refractivity contribution in [3.8, 4) is 5.75 Å². The van der Waals surface area contributed by atoms with Gasteiger partial charge in [0.1, 0.15) is 23.4 Å². The first-order chi connectivity index (χ1) is 22.8. The molecule has 5 rings (SSSR count). The fourth-order valence-electron chi connectivity index (χ4n) is 6.30. The summed E-state index contributed by atoms with van der Waals surface area (Å²) < 4.78 is 11.8. The van der Waals surface area contributed by atoms with Gasteiger partial charge in [-0.15, -0.1) is 0 Å². The molecule has 1 unspecified atom stereocenters. The first-order valence-electron chi connectivity index (χ1n) is 16.5. The van der Waals surface area contributed by atoms with Crippen LogP contribution in [0, 0.1) is 6.92 Å². The van der Waals surface area contributed by atoms with Gasteiger partial charge in [0.15, 0.2) is 0 Å². The van der Waals surface area contributed by atoms with Gasteiger partial charge in [0.05, 0.1) is 20.2 Å². The maximum Gasteiger partial charge on any atom is 0.251 e. The van der Waals surface area contributed by atoms with Gasteiger partial charge in [-0.1, -0.05) is 67.9 Å². The minimum Gasteiger partial charge on any atom is -0.497 e. The van der Waals surface area contributed by atoms with Crippen LogP contribution in [0.2, 0.25) is 0 Å². The van der Waals surface area contributed by atoms with E-state index in [-0.39, 0.29) is 24.3 Å². The maximum atomic E-state index is 14.3. The second-order valence-electron chi connectivity index (χ2n) is 12.5. The molecule has 2 aliphatic rings. The van der Waals surface area contributed by atoms with E-state index < -0.39 is 23.6 Å². The number of nitrogens with zero attached hydrogens (tertiary/aromatic N) is 1. The number of hydrogen-bond donors (Lipinski definition) is 4. The topological polar surface area (TPSA) is 121 Å². The normalized spacial score (nSPS) is 18.1. The van der Waals surface area contributed by atoms with E-state index in [4.69, 9.17) is 9.47 Å². The van der Waals surface area contributed by atoms with Crippen LogP contribution in [0.5, 0.6) is 5.75 Å². The van der Waals surface area contributed by atoms with Crippen LogP contribution in [0.1, 0.15) is 53.2 Å². The summed E-state index contributed by atoms with van der Waals surface area (Å²) in [6.07, 6.45) is 2.59. The van der Waals surface area contributed by atoms with E-state index >= 15 is 0 Å². The molecular weight excluding hydrogens is 594 g/mol. The van der Waals surface area contributed by atoms with Gasteiger partial charge in [-0.05, 0) is 60.7 Å². The third-order valence-electron chi connectivity index (χ3n) is 9.01. The first-order valence-corrected chi connectivity index (χ1v) is 16.5. The Labute approximate surface area is 277 Å². The molecule has 2 saturated heterocycles. The standard InChI is InChI=1S/C37H47N5O5/c1-4-5-19-47-37(31-14-10-9-11-26(31)2)23-42(24-37)36(45)33(20-27-15-17-30(46-3)18-16-27)41-35(44)32(21-29-22-38-25-39-29)40-34(43)28-12-7-6-8-13-28/h6-18,29,32-33,38-39H,4-5,19-25H2,1-3H3,(H,40,43)(H,41,44)/t29?,32-,33-/m0/s1. The lowest BCUT2D eigenvalue weighted by molar-refractivity contribution is -0.175. The third kappa shape index (κ3) is 8.57. The highest BCUT2D eigenvalue weighted by Gasteiger charge is 2.49. The molecular formula is C37H47N5O5. The maximum absolute atomic E-state index is 14.3. The van der Waals surface area contributed by atoms with Crippen molar-refractivity contribution in [3.05, 3.63) is 101 Å². The number of methoxy groups -OCH3 is 1. The van der Waals surface area contributed by atoms with Crippen molar-refractivity contribution in [1.82, 2.24) is 26.2 Å². The Morgan fingerprint density at radius 3 is 2.34 bits per heavy atom. The highest BCUT2D eigenvalue weighted by molar-refractivity contribution is 5.98. The number of rotatable bonds is 15. The van der Waals surface area contributed by atoms with Gasteiger partial charge in [0.2, 0.25) is 11.8 Å². The van der Waals surface area contributed by atoms with E-state index in [2.05, 4.69) is 47.2 Å². The van der Waals surface area contributed by atoms with Crippen LogP contribution in [0.4, 0.5) is 0 Å². The molecule has 47 heavy (non-hydrogen) atoms. The number of nitrogens with one attached hydrogen (secondary N) is 4. The zero-order valence-corrected chi connectivity index (χ0v) is 27.6. The van der Waals surface area contributed by atoms with E-state index in [1.54, 1.807) is 36.3 Å². The van der Waals surface area contributed by atoms with Gasteiger partial charge in [0.25, 0.3) is 5.91 Å². The molecule has 0 bridgehead atoms. The Morgan fingerprint density at radius 1 is 0.957 bits per heavy atom. The molecule has 4 N–H and O–H groups in total. The van der Waals surface area contributed by atoms with Gasteiger partial charge in [-0.25, -0.2) is 0 Å². The highest BCUT2D eigenvalue weighted by atomic mass is 16.5. The predicted octanol–water partition coefficient (Wildman–Crippen LogP) is 3.29. The molecule has 3 aromatic rings. The Hall–Kier alpha value is -4.25. The van der Waals surface area contributed by atoms with E-state index in [0.29, 0.717) is 50.6 Å². The minimum absolute atomic E-state index is 0.0112. The largest absolute Gasteiger partial charge is 0.497 e. The second-order valence-corrected chi connectivity index (χ2v) is 12.5. The van der Waals surface area contributed by atoms with Crippen LogP contribution in [0.15, 0.2) is 78.9 Å². The van der Waals surface area contributed by atoms with Gasteiger partial charge in [-0.2, -0.15) is 0 Å². The van der Waals surface area contributed by atoms with Crippen molar-refractivity contribution in [2.24, 2.45) is 0 Å². The third-order valence-corrected chi connectivity index (χ3v) is 9.01. The van der Waals surface area contributed by atoms with Gasteiger partial charge in [0, 0.05) is 37.8 Å². The van der Waals surface area contributed by atoms with E-state index in [0.717, 1.165) is 29.5 Å². The lowest BCUT2D eigenvalue weighted by Gasteiger charge is -2.51. The van der Waals surface area contributed by atoms with Crippen LogP contribution in [0.25, 0.3) is 0 Å². The molecule has 0 radical (unpaired) electrons. The summed E-state index contributed by atoms with van der Waals surface area (Å²) in [5.74, 6) is -0.229. The fraction of sp³-hybridized carbons (Fsp3) is 0.432. The molecule has 3 aromatic carbocycles. The number of carbonyl (C=O) groups is 3. The van der Waals surface area contributed by atoms with Crippen molar-refractivity contribution in [2.75, 3.05) is 40.0 Å². The van der Waals surface area contributed by atoms with Crippen molar-refractivity contribution < 1.29 is 23.9 Å². The zero-order valence-electron chi connectivity index (χ0n) is 27.6. The summed E-state index contributed by atoms with van der Waals surface area (Å²) in [5.41, 5.74) is 2.94. The monoisotopic (exact) mass is 641 g/mol. The van der Waals surface area contributed by atoms with Crippen LogP contribution >= 0.6 is 0 Å². The number of benzene rings is 3. The number of ether oxygens (including phenoxy) is 2. The van der Waals surface area contributed by atoms with E-state index in [9.17, 15) is 14.4 Å². The molecule has 0 aromatic heterocycles. The van der Waals surface area contributed by atoms with Gasteiger partial charge in [-0.3, -0.25) is 14.4 Å². The van der Waals surface area contributed by atoms with Crippen LogP contribution in [0.3, 0.4) is 0 Å². The SMILES string of the molecule is CCCCOC1(c2ccccc2C)CN(C(=O)[C@H](Cc2ccc(OC)cc2)NC(=O)[C@H](CC2CNCN2)NC(=O)c2ccccc2)C1. The van der Waals surface area contributed by atoms with Crippen molar-refractivity contribution in [3.63, 3.8) is 0 Å². The van der Waals surface area contributed by atoms with Gasteiger partial charge < -0.3 is 35.6 Å². The zero-order chi connectivity index (χ0) is 33.2. The number of hydrogen-bond acceptors (Lipinski definition) is 7. The molecule has 0 spiro atoms.